The molecule has 0 aliphatic heterocycles. The van der Waals surface area contributed by atoms with Crippen molar-refractivity contribution in [3.63, 3.8) is 0 Å². The minimum Gasteiger partial charge on any atom is -0.466 e. The monoisotopic (exact) mass is 457 g/mol. The molecule has 1 aromatic carbocycles. The van der Waals surface area contributed by atoms with Gasteiger partial charge in [0.2, 0.25) is 15.9 Å². The molecule has 0 spiro atoms. The van der Waals surface area contributed by atoms with Gasteiger partial charge in [-0.05, 0) is 32.0 Å². The van der Waals surface area contributed by atoms with Gasteiger partial charge in [0.1, 0.15) is 0 Å². The minimum atomic E-state index is -3.58. The van der Waals surface area contributed by atoms with Gasteiger partial charge >= 0.3 is 5.97 Å². The molecule has 1 heterocycles. The summed E-state index contributed by atoms with van der Waals surface area (Å²) in [7, 11) is -0.689. The molecule has 1 amide bonds. The zero-order valence-electron chi connectivity index (χ0n) is 16.5. The number of esters is 1. The zero-order valence-corrected chi connectivity index (χ0v) is 19.0. The normalized spacial score (nSPS) is 12.6. The molecule has 1 aromatic heterocycles. The number of anilines is 1. The highest BCUT2D eigenvalue weighted by Gasteiger charge is 2.20. The lowest BCUT2D eigenvalue weighted by Crippen LogP contribution is -2.24. The van der Waals surface area contributed by atoms with E-state index >= 15 is 0 Å². The van der Waals surface area contributed by atoms with Crippen LogP contribution < -0.4 is 5.32 Å². The van der Waals surface area contributed by atoms with E-state index in [2.05, 4.69) is 10.3 Å². The van der Waals surface area contributed by atoms with Crippen LogP contribution in [0.25, 0.3) is 0 Å². The number of amides is 1. The van der Waals surface area contributed by atoms with Gasteiger partial charge in [0, 0.05) is 25.2 Å². The van der Waals surface area contributed by atoms with Crippen LogP contribution in [0.2, 0.25) is 0 Å². The Morgan fingerprint density at radius 3 is 2.72 bits per heavy atom. The number of ether oxygens (including phenoxy) is 1. The van der Waals surface area contributed by atoms with Gasteiger partial charge in [0.25, 0.3) is 0 Å². The molecular weight excluding hydrogens is 434 g/mol. The van der Waals surface area contributed by atoms with E-state index < -0.39 is 15.3 Å². The highest BCUT2D eigenvalue weighted by Crippen LogP contribution is 2.28. The van der Waals surface area contributed by atoms with Crippen molar-refractivity contribution < 1.29 is 22.7 Å². The number of carbonyl (C=O) groups is 2. The number of hydrogen-bond donors (Lipinski definition) is 1. The molecule has 0 aliphatic rings. The van der Waals surface area contributed by atoms with E-state index in [0.29, 0.717) is 22.3 Å². The number of carbonyl (C=O) groups excluding carboxylic acids is 2. The quantitative estimate of drug-likeness (QED) is 0.456. The maximum Gasteiger partial charge on any atom is 0.311 e. The molecule has 0 bridgehead atoms. The van der Waals surface area contributed by atoms with E-state index in [4.69, 9.17) is 4.74 Å². The van der Waals surface area contributed by atoms with Crippen molar-refractivity contribution in [1.29, 1.82) is 0 Å². The summed E-state index contributed by atoms with van der Waals surface area (Å²) in [4.78, 5) is 28.5. The molecule has 0 aliphatic carbocycles. The number of aromatic nitrogens is 1. The van der Waals surface area contributed by atoms with E-state index in [1.807, 2.05) is 0 Å². The minimum absolute atomic E-state index is 0.0959. The third-order valence-corrected chi connectivity index (χ3v) is 7.62. The van der Waals surface area contributed by atoms with Crippen LogP contribution in [0.4, 0.5) is 5.69 Å². The van der Waals surface area contributed by atoms with E-state index in [0.717, 1.165) is 4.31 Å². The zero-order chi connectivity index (χ0) is 21.6. The Balaban J connectivity index is 2.00. The van der Waals surface area contributed by atoms with Crippen LogP contribution >= 0.6 is 23.1 Å². The van der Waals surface area contributed by atoms with E-state index in [1.54, 1.807) is 31.4 Å². The Kier molecular flexibility index (Phi) is 8.20. The third-order valence-electron chi connectivity index (χ3n) is 3.69. The smallest absolute Gasteiger partial charge is 0.311 e. The van der Waals surface area contributed by atoms with Crippen molar-refractivity contribution in [3.05, 3.63) is 35.3 Å². The lowest BCUT2D eigenvalue weighted by Gasteiger charge is -2.14. The molecule has 1 atom stereocenters. The molecule has 1 N–H and O–H groups in total. The second-order valence-corrected chi connectivity index (χ2v) is 10.7. The summed E-state index contributed by atoms with van der Waals surface area (Å²) in [5.41, 5.74) is 0.998. The maximum absolute atomic E-state index is 12.5. The molecule has 8 nitrogen and oxygen atoms in total. The predicted molar refractivity (Wildman–Crippen MR) is 114 cm³/mol. The van der Waals surface area contributed by atoms with Gasteiger partial charge in [0.05, 0.1) is 28.9 Å². The second kappa shape index (κ2) is 10.2. The molecule has 11 heteroatoms. The summed E-state index contributed by atoms with van der Waals surface area (Å²) in [6.45, 7) is 3.79. The second-order valence-electron chi connectivity index (χ2n) is 6.15. The average Bonchev–Trinajstić information content (AvgIpc) is 3.08. The fourth-order valence-corrected chi connectivity index (χ4v) is 5.11. The Labute approximate surface area is 178 Å². The van der Waals surface area contributed by atoms with Crippen molar-refractivity contribution in [2.45, 2.75) is 34.8 Å². The lowest BCUT2D eigenvalue weighted by molar-refractivity contribution is -0.142. The summed E-state index contributed by atoms with van der Waals surface area (Å²) in [5, 5.41) is 4.03. The molecular formula is C18H23N3O5S3. The van der Waals surface area contributed by atoms with Gasteiger partial charge in [-0.1, -0.05) is 17.8 Å². The van der Waals surface area contributed by atoms with Crippen LogP contribution in [-0.4, -0.2) is 55.5 Å². The predicted octanol–water partition coefficient (Wildman–Crippen LogP) is 2.62. The highest BCUT2D eigenvalue weighted by molar-refractivity contribution is 8.02. The topological polar surface area (TPSA) is 106 Å². The first-order valence-electron chi connectivity index (χ1n) is 8.73. The Morgan fingerprint density at radius 1 is 1.34 bits per heavy atom. The van der Waals surface area contributed by atoms with E-state index in [-0.39, 0.29) is 23.2 Å². The van der Waals surface area contributed by atoms with Crippen molar-refractivity contribution in [2.75, 3.05) is 26.0 Å². The Bertz CT molecular complexity index is 973. The van der Waals surface area contributed by atoms with E-state index in [9.17, 15) is 18.0 Å². The van der Waals surface area contributed by atoms with Gasteiger partial charge in [-0.25, -0.2) is 17.7 Å². The fourth-order valence-electron chi connectivity index (χ4n) is 2.18. The van der Waals surface area contributed by atoms with Crippen LogP contribution in [0.15, 0.2) is 38.9 Å². The first-order valence-corrected chi connectivity index (χ1v) is 11.9. The standard InChI is InChI=1S/C18H23N3O5S3/c1-5-26-16(22)10-14-11-27-18(20-14)28-12(2)17(23)19-13-7-6-8-15(9-13)29(24,25)21(3)4/h6-9,11-12H,5,10H2,1-4H3,(H,19,23). The number of nitrogens with zero attached hydrogens (tertiary/aromatic N) is 2. The first kappa shape index (κ1) is 23.3. The van der Waals surface area contributed by atoms with Gasteiger partial charge in [-0.2, -0.15) is 0 Å². The molecule has 0 radical (unpaired) electrons. The number of benzene rings is 1. The van der Waals surface area contributed by atoms with Gasteiger partial charge in [-0.15, -0.1) is 11.3 Å². The van der Waals surface area contributed by atoms with E-state index in [1.165, 1.54) is 49.3 Å². The van der Waals surface area contributed by atoms with Gasteiger partial charge in [-0.3, -0.25) is 9.59 Å². The van der Waals surface area contributed by atoms with Gasteiger partial charge in [0.15, 0.2) is 4.34 Å². The summed E-state index contributed by atoms with van der Waals surface area (Å²) < 4.78 is 31.1. The summed E-state index contributed by atoms with van der Waals surface area (Å²) in [5.74, 6) is -0.621. The molecule has 2 rings (SSSR count). The number of rotatable bonds is 9. The van der Waals surface area contributed by atoms with Crippen molar-refractivity contribution in [1.82, 2.24) is 9.29 Å². The van der Waals surface area contributed by atoms with Crippen LogP contribution in [-0.2, 0) is 30.8 Å². The largest absolute Gasteiger partial charge is 0.466 e. The molecule has 0 saturated carbocycles. The van der Waals surface area contributed by atoms with Crippen molar-refractivity contribution in [3.8, 4) is 0 Å². The molecule has 1 unspecified atom stereocenters. The third kappa shape index (κ3) is 6.53. The van der Waals surface area contributed by atoms with Crippen LogP contribution in [0, 0.1) is 0 Å². The number of nitrogens with one attached hydrogen (secondary N) is 1. The number of sulfonamides is 1. The first-order chi connectivity index (χ1) is 13.6. The fraction of sp³-hybridized carbons (Fsp3) is 0.389. The Morgan fingerprint density at radius 2 is 2.07 bits per heavy atom. The molecule has 29 heavy (non-hydrogen) atoms. The summed E-state index contributed by atoms with van der Waals surface area (Å²) in [6.07, 6.45) is 0.0959. The lowest BCUT2D eigenvalue weighted by atomic mass is 10.3. The highest BCUT2D eigenvalue weighted by atomic mass is 32.2. The Hall–Kier alpha value is -1.95. The summed E-state index contributed by atoms with van der Waals surface area (Å²) in [6, 6.07) is 6.10. The number of thiazole rings is 1. The molecule has 0 saturated heterocycles. The van der Waals surface area contributed by atoms with Crippen LogP contribution in [0.1, 0.15) is 19.5 Å². The summed E-state index contributed by atoms with van der Waals surface area (Å²) >= 11 is 2.61. The maximum atomic E-state index is 12.5. The molecule has 0 fully saturated rings. The van der Waals surface area contributed by atoms with Crippen LogP contribution in [0.3, 0.4) is 0 Å². The number of hydrogen-bond acceptors (Lipinski definition) is 8. The molecule has 2 aromatic rings. The average molecular weight is 458 g/mol. The SMILES string of the molecule is CCOC(=O)Cc1csc(SC(C)C(=O)Nc2cccc(S(=O)(=O)N(C)C)c2)n1. The molecule has 158 valence electrons. The van der Waals surface area contributed by atoms with Crippen LogP contribution in [0.5, 0.6) is 0 Å². The van der Waals surface area contributed by atoms with Gasteiger partial charge < -0.3 is 10.1 Å². The van der Waals surface area contributed by atoms with Crippen molar-refractivity contribution in [2.24, 2.45) is 0 Å². The number of thioether (sulfide) groups is 1. The van der Waals surface area contributed by atoms with Crippen molar-refractivity contribution >= 4 is 50.7 Å².